The van der Waals surface area contributed by atoms with Crippen LogP contribution in [0.15, 0.2) is 17.5 Å². The lowest BCUT2D eigenvalue weighted by Gasteiger charge is -2.19. The number of nitrogens with zero attached hydrogens (tertiary/aromatic N) is 1. The van der Waals surface area contributed by atoms with Crippen molar-refractivity contribution in [1.29, 1.82) is 0 Å². The summed E-state index contributed by atoms with van der Waals surface area (Å²) in [6.07, 6.45) is 1.67. The third kappa shape index (κ3) is 1.81. The molecule has 1 amide bonds. The third-order valence-corrected chi connectivity index (χ3v) is 3.40. The fourth-order valence-electron chi connectivity index (χ4n) is 1.44. The molecule has 1 fully saturated rings. The number of hydrogen-bond acceptors (Lipinski definition) is 3. The first-order valence-electron chi connectivity index (χ1n) is 4.69. The van der Waals surface area contributed by atoms with Gasteiger partial charge < -0.3 is 10.6 Å². The molecule has 14 heavy (non-hydrogen) atoms. The molecule has 0 unspecified atom stereocenters. The minimum atomic E-state index is -0.536. The summed E-state index contributed by atoms with van der Waals surface area (Å²) in [5.74, 6) is 0.0749. The van der Waals surface area contributed by atoms with Crippen LogP contribution in [0.5, 0.6) is 0 Å². The maximum Gasteiger partial charge on any atom is 0.242 e. The molecule has 1 saturated carbocycles. The summed E-state index contributed by atoms with van der Waals surface area (Å²) in [6.45, 7) is 0.676. The van der Waals surface area contributed by atoms with Crippen LogP contribution in [0.25, 0.3) is 0 Å². The lowest BCUT2D eigenvalue weighted by Crippen LogP contribution is -2.43. The predicted octanol–water partition coefficient (Wildman–Crippen LogP) is 1.20. The van der Waals surface area contributed by atoms with E-state index in [-0.39, 0.29) is 5.91 Å². The van der Waals surface area contributed by atoms with Crippen molar-refractivity contribution in [2.75, 3.05) is 7.05 Å². The molecule has 1 aliphatic rings. The van der Waals surface area contributed by atoms with Crippen LogP contribution in [-0.4, -0.2) is 23.4 Å². The van der Waals surface area contributed by atoms with Crippen molar-refractivity contribution in [1.82, 2.24) is 4.90 Å². The fraction of sp³-hybridized carbons (Fsp3) is 0.500. The van der Waals surface area contributed by atoms with Crippen LogP contribution in [0.4, 0.5) is 0 Å². The second-order valence-corrected chi connectivity index (χ2v) is 4.93. The van der Waals surface area contributed by atoms with Gasteiger partial charge in [-0.25, -0.2) is 0 Å². The van der Waals surface area contributed by atoms with Crippen LogP contribution in [0.3, 0.4) is 0 Å². The second kappa shape index (κ2) is 3.37. The van der Waals surface area contributed by atoms with Crippen molar-refractivity contribution >= 4 is 17.2 Å². The zero-order chi connectivity index (χ0) is 10.2. The molecule has 0 radical (unpaired) electrons. The van der Waals surface area contributed by atoms with Crippen LogP contribution in [0.1, 0.15) is 17.7 Å². The van der Waals surface area contributed by atoms with Crippen molar-refractivity contribution < 1.29 is 4.79 Å². The average molecular weight is 210 g/mol. The largest absolute Gasteiger partial charge is 0.339 e. The number of likely N-dealkylation sites (N-methyl/N-ethyl adjacent to an activating group) is 1. The molecule has 0 aromatic carbocycles. The Balaban J connectivity index is 1.96. The maximum absolute atomic E-state index is 11.8. The normalized spacial score (nSPS) is 17.9. The van der Waals surface area contributed by atoms with Gasteiger partial charge in [0.15, 0.2) is 0 Å². The standard InChI is InChI=1S/C10H14N2OS/c1-12(7-8-3-2-6-14-8)9(13)10(11)4-5-10/h2-3,6H,4-5,7,11H2,1H3. The summed E-state index contributed by atoms with van der Waals surface area (Å²) in [7, 11) is 1.81. The molecule has 0 saturated heterocycles. The molecule has 76 valence electrons. The van der Waals surface area contributed by atoms with Gasteiger partial charge in [-0.1, -0.05) is 6.07 Å². The quantitative estimate of drug-likeness (QED) is 0.814. The van der Waals surface area contributed by atoms with E-state index in [2.05, 4.69) is 0 Å². The van der Waals surface area contributed by atoms with Gasteiger partial charge in [0, 0.05) is 11.9 Å². The molecular formula is C10H14N2OS. The molecule has 1 aliphatic carbocycles. The van der Waals surface area contributed by atoms with Crippen LogP contribution < -0.4 is 5.73 Å². The van der Waals surface area contributed by atoms with Gasteiger partial charge in [0.05, 0.1) is 12.1 Å². The van der Waals surface area contributed by atoms with E-state index >= 15 is 0 Å². The Bertz CT molecular complexity index is 330. The minimum Gasteiger partial charge on any atom is -0.339 e. The second-order valence-electron chi connectivity index (χ2n) is 3.90. The van der Waals surface area contributed by atoms with E-state index in [9.17, 15) is 4.79 Å². The van der Waals surface area contributed by atoms with Gasteiger partial charge in [-0.3, -0.25) is 4.79 Å². The summed E-state index contributed by atoms with van der Waals surface area (Å²) in [5.41, 5.74) is 5.30. The topological polar surface area (TPSA) is 46.3 Å². The van der Waals surface area contributed by atoms with Crippen LogP contribution in [-0.2, 0) is 11.3 Å². The van der Waals surface area contributed by atoms with Crippen LogP contribution >= 0.6 is 11.3 Å². The van der Waals surface area contributed by atoms with Gasteiger partial charge >= 0.3 is 0 Å². The maximum atomic E-state index is 11.8. The Kier molecular flexibility index (Phi) is 2.33. The average Bonchev–Trinajstić information content (AvgIpc) is 2.71. The zero-order valence-electron chi connectivity index (χ0n) is 8.19. The molecule has 0 bridgehead atoms. The van der Waals surface area contributed by atoms with Crippen molar-refractivity contribution in [2.45, 2.75) is 24.9 Å². The molecule has 3 nitrogen and oxygen atoms in total. The van der Waals surface area contributed by atoms with E-state index < -0.39 is 5.54 Å². The van der Waals surface area contributed by atoms with E-state index in [1.165, 1.54) is 4.88 Å². The summed E-state index contributed by atoms with van der Waals surface area (Å²) in [4.78, 5) is 14.7. The third-order valence-electron chi connectivity index (χ3n) is 2.53. The smallest absolute Gasteiger partial charge is 0.242 e. The lowest BCUT2D eigenvalue weighted by molar-refractivity contribution is -0.132. The number of nitrogens with two attached hydrogens (primary N) is 1. The minimum absolute atomic E-state index is 0.0749. The first-order valence-corrected chi connectivity index (χ1v) is 5.57. The highest BCUT2D eigenvalue weighted by molar-refractivity contribution is 7.09. The summed E-state index contributed by atoms with van der Waals surface area (Å²) >= 11 is 1.66. The number of carbonyl (C=O) groups is 1. The van der Waals surface area contributed by atoms with E-state index in [0.717, 1.165) is 12.8 Å². The molecule has 1 heterocycles. The van der Waals surface area contributed by atoms with Gasteiger partial charge in [-0.2, -0.15) is 0 Å². The Morgan fingerprint density at radius 3 is 2.93 bits per heavy atom. The highest BCUT2D eigenvalue weighted by atomic mass is 32.1. The Hall–Kier alpha value is -0.870. The molecule has 0 spiro atoms. The highest BCUT2D eigenvalue weighted by Gasteiger charge is 2.47. The highest BCUT2D eigenvalue weighted by Crippen LogP contribution is 2.34. The van der Waals surface area contributed by atoms with Gasteiger partial charge in [0.2, 0.25) is 5.91 Å². The molecule has 1 aromatic rings. The van der Waals surface area contributed by atoms with E-state index in [4.69, 9.17) is 5.73 Å². The van der Waals surface area contributed by atoms with Crippen LogP contribution in [0.2, 0.25) is 0 Å². The molecule has 4 heteroatoms. The molecular weight excluding hydrogens is 196 g/mol. The van der Waals surface area contributed by atoms with Crippen LogP contribution in [0, 0.1) is 0 Å². The molecule has 2 rings (SSSR count). The Labute approximate surface area is 87.5 Å². The predicted molar refractivity (Wildman–Crippen MR) is 56.9 cm³/mol. The van der Waals surface area contributed by atoms with Crippen molar-refractivity contribution in [3.05, 3.63) is 22.4 Å². The Morgan fingerprint density at radius 1 is 1.71 bits per heavy atom. The summed E-state index contributed by atoms with van der Waals surface area (Å²) < 4.78 is 0. The fourth-order valence-corrected chi connectivity index (χ4v) is 2.19. The zero-order valence-corrected chi connectivity index (χ0v) is 9.01. The summed E-state index contributed by atoms with van der Waals surface area (Å²) in [5, 5.41) is 2.02. The molecule has 2 N–H and O–H groups in total. The van der Waals surface area contributed by atoms with E-state index in [0.29, 0.717) is 6.54 Å². The number of hydrogen-bond donors (Lipinski definition) is 1. The molecule has 0 atom stereocenters. The molecule has 1 aromatic heterocycles. The van der Waals surface area contributed by atoms with Gasteiger partial charge in [0.1, 0.15) is 0 Å². The summed E-state index contributed by atoms with van der Waals surface area (Å²) in [6, 6.07) is 4.03. The van der Waals surface area contributed by atoms with Gasteiger partial charge in [-0.15, -0.1) is 11.3 Å². The number of amides is 1. The number of rotatable bonds is 3. The van der Waals surface area contributed by atoms with Gasteiger partial charge in [0.25, 0.3) is 0 Å². The first kappa shape index (κ1) is 9.68. The molecule has 0 aliphatic heterocycles. The first-order chi connectivity index (χ1) is 6.62. The lowest BCUT2D eigenvalue weighted by atomic mass is 10.2. The van der Waals surface area contributed by atoms with E-state index in [1.54, 1.807) is 16.2 Å². The van der Waals surface area contributed by atoms with E-state index in [1.807, 2.05) is 24.6 Å². The van der Waals surface area contributed by atoms with Crippen molar-refractivity contribution in [3.63, 3.8) is 0 Å². The monoisotopic (exact) mass is 210 g/mol. The van der Waals surface area contributed by atoms with Gasteiger partial charge in [-0.05, 0) is 24.3 Å². The Morgan fingerprint density at radius 2 is 2.43 bits per heavy atom. The number of carbonyl (C=O) groups excluding carboxylic acids is 1. The SMILES string of the molecule is CN(Cc1cccs1)C(=O)C1(N)CC1. The van der Waals surface area contributed by atoms with Crippen molar-refractivity contribution in [2.24, 2.45) is 5.73 Å². The van der Waals surface area contributed by atoms with Crippen molar-refractivity contribution in [3.8, 4) is 0 Å². The number of thiophene rings is 1.